The molecule has 0 aromatic heterocycles. The third kappa shape index (κ3) is 2.96. The highest BCUT2D eigenvalue weighted by Crippen LogP contribution is 2.40. The van der Waals surface area contributed by atoms with Crippen LogP contribution in [0, 0.1) is 0 Å². The van der Waals surface area contributed by atoms with Gasteiger partial charge in [-0.1, -0.05) is 0 Å². The minimum absolute atomic E-state index is 0.937. The average Bonchev–Trinajstić information content (AvgIpc) is 2.74. The van der Waals surface area contributed by atoms with E-state index in [0.29, 0.717) is 0 Å². The Morgan fingerprint density at radius 1 is 0.667 bits per heavy atom. The van der Waals surface area contributed by atoms with Gasteiger partial charge in [-0.15, -0.1) is 47.0 Å². The predicted molar refractivity (Wildman–Crippen MR) is 66.6 cm³/mol. The van der Waals surface area contributed by atoms with Crippen molar-refractivity contribution in [2.45, 2.75) is 22.0 Å². The molecule has 0 nitrogen and oxygen atoms in total. The molecule has 2 aliphatic rings. The summed E-state index contributed by atoms with van der Waals surface area (Å²) >= 11 is 8.68. The van der Waals surface area contributed by atoms with Crippen LogP contribution in [-0.4, -0.2) is 32.2 Å². The largest absolute Gasteiger partial charge is 0.147 e. The molecule has 0 amide bonds. The van der Waals surface area contributed by atoms with Crippen molar-refractivity contribution in [3.8, 4) is 0 Å². The lowest BCUT2D eigenvalue weighted by Crippen LogP contribution is -1.98. The summed E-state index contributed by atoms with van der Waals surface area (Å²) in [6, 6.07) is 0. The monoisotopic (exact) mass is 238 g/mol. The summed E-state index contributed by atoms with van der Waals surface area (Å²) in [5.74, 6) is 5.56. The van der Waals surface area contributed by atoms with Crippen LogP contribution in [-0.2, 0) is 0 Å². The molecule has 2 heterocycles. The fourth-order valence-corrected chi connectivity index (χ4v) is 7.15. The molecule has 0 unspecified atom stereocenters. The Balaban J connectivity index is 1.60. The first-order valence-electron chi connectivity index (χ1n) is 4.41. The van der Waals surface area contributed by atoms with Crippen LogP contribution in [0.3, 0.4) is 0 Å². The summed E-state index contributed by atoms with van der Waals surface area (Å²) in [7, 11) is 0. The van der Waals surface area contributed by atoms with E-state index in [4.69, 9.17) is 0 Å². The van der Waals surface area contributed by atoms with Crippen molar-refractivity contribution in [2.75, 3.05) is 23.0 Å². The molecule has 4 heteroatoms. The summed E-state index contributed by atoms with van der Waals surface area (Å²) < 4.78 is 1.87. The van der Waals surface area contributed by atoms with E-state index < -0.39 is 0 Å². The first kappa shape index (κ1) is 9.94. The standard InChI is InChI=1S/C8H14S4/c1(7-9-3-4-10-7)2-8-11-5-6-12-8/h7-8H,1-6H2. The molecule has 0 atom stereocenters. The minimum atomic E-state index is 0.937. The zero-order chi connectivity index (χ0) is 8.23. The molecule has 0 spiro atoms. The number of thioether (sulfide) groups is 4. The molecular weight excluding hydrogens is 224 g/mol. The summed E-state index contributed by atoms with van der Waals surface area (Å²) in [6.45, 7) is 0. The molecule has 0 saturated carbocycles. The predicted octanol–water partition coefficient (Wildman–Crippen LogP) is 3.38. The van der Waals surface area contributed by atoms with Crippen LogP contribution in [0.25, 0.3) is 0 Å². The lowest BCUT2D eigenvalue weighted by atomic mass is 10.4. The number of rotatable bonds is 3. The van der Waals surface area contributed by atoms with E-state index in [1.54, 1.807) is 0 Å². The first-order valence-corrected chi connectivity index (χ1v) is 8.61. The molecule has 0 radical (unpaired) electrons. The highest BCUT2D eigenvalue weighted by atomic mass is 32.2. The Bertz CT molecular complexity index is 111. The van der Waals surface area contributed by atoms with Crippen LogP contribution in [0.4, 0.5) is 0 Å². The maximum Gasteiger partial charge on any atom is 0.0503 e. The van der Waals surface area contributed by atoms with Crippen molar-refractivity contribution < 1.29 is 0 Å². The lowest BCUT2D eigenvalue weighted by Gasteiger charge is -2.10. The molecular formula is C8H14S4. The van der Waals surface area contributed by atoms with Crippen LogP contribution >= 0.6 is 47.0 Å². The second-order valence-electron chi connectivity index (χ2n) is 2.92. The smallest absolute Gasteiger partial charge is 0.0503 e. The fourth-order valence-electron chi connectivity index (χ4n) is 1.42. The maximum absolute atomic E-state index is 2.17. The van der Waals surface area contributed by atoms with Gasteiger partial charge in [0.25, 0.3) is 0 Å². The molecule has 2 rings (SSSR count). The maximum atomic E-state index is 2.17. The summed E-state index contributed by atoms with van der Waals surface area (Å²) in [6.07, 6.45) is 2.89. The van der Waals surface area contributed by atoms with Crippen molar-refractivity contribution in [3.63, 3.8) is 0 Å². The van der Waals surface area contributed by atoms with Crippen molar-refractivity contribution in [1.29, 1.82) is 0 Å². The molecule has 0 N–H and O–H groups in total. The van der Waals surface area contributed by atoms with Crippen LogP contribution in [0.1, 0.15) is 12.8 Å². The summed E-state index contributed by atoms with van der Waals surface area (Å²) in [4.78, 5) is 0. The van der Waals surface area contributed by atoms with Gasteiger partial charge in [0.05, 0.1) is 9.16 Å². The van der Waals surface area contributed by atoms with Gasteiger partial charge in [-0.2, -0.15) is 0 Å². The zero-order valence-electron chi connectivity index (χ0n) is 7.03. The molecule has 70 valence electrons. The Hall–Kier alpha value is 1.40. The van der Waals surface area contributed by atoms with Crippen molar-refractivity contribution >= 4 is 47.0 Å². The number of hydrogen-bond acceptors (Lipinski definition) is 4. The topological polar surface area (TPSA) is 0 Å². The molecule has 0 aliphatic carbocycles. The van der Waals surface area contributed by atoms with Gasteiger partial charge in [-0.3, -0.25) is 0 Å². The van der Waals surface area contributed by atoms with Crippen LogP contribution in [0.15, 0.2) is 0 Å². The Kier molecular flexibility index (Phi) is 4.41. The number of hydrogen-bond donors (Lipinski definition) is 0. The minimum Gasteiger partial charge on any atom is -0.147 e. The van der Waals surface area contributed by atoms with Gasteiger partial charge in [0.1, 0.15) is 0 Å². The summed E-state index contributed by atoms with van der Waals surface area (Å²) in [5, 5.41) is 0. The molecule has 2 saturated heterocycles. The van der Waals surface area contributed by atoms with Crippen LogP contribution in [0.5, 0.6) is 0 Å². The van der Waals surface area contributed by atoms with Crippen molar-refractivity contribution in [3.05, 3.63) is 0 Å². The molecule has 2 fully saturated rings. The molecule has 0 aromatic carbocycles. The van der Waals surface area contributed by atoms with E-state index in [1.165, 1.54) is 35.9 Å². The van der Waals surface area contributed by atoms with Gasteiger partial charge in [0, 0.05) is 23.0 Å². The second-order valence-corrected chi connectivity index (χ2v) is 8.76. The highest BCUT2D eigenvalue weighted by Gasteiger charge is 2.20. The lowest BCUT2D eigenvalue weighted by molar-refractivity contribution is 0.862. The zero-order valence-corrected chi connectivity index (χ0v) is 10.3. The van der Waals surface area contributed by atoms with Crippen molar-refractivity contribution in [2.24, 2.45) is 0 Å². The van der Waals surface area contributed by atoms with Crippen LogP contribution in [0.2, 0.25) is 0 Å². The van der Waals surface area contributed by atoms with Gasteiger partial charge >= 0.3 is 0 Å². The van der Waals surface area contributed by atoms with Crippen molar-refractivity contribution in [1.82, 2.24) is 0 Å². The van der Waals surface area contributed by atoms with Crippen LogP contribution < -0.4 is 0 Å². The Labute approximate surface area is 91.8 Å². The van der Waals surface area contributed by atoms with Gasteiger partial charge in [-0.05, 0) is 12.8 Å². The molecule has 12 heavy (non-hydrogen) atoms. The van der Waals surface area contributed by atoms with E-state index in [9.17, 15) is 0 Å². The third-order valence-electron chi connectivity index (χ3n) is 2.02. The van der Waals surface area contributed by atoms with Gasteiger partial charge in [0.2, 0.25) is 0 Å². The average molecular weight is 238 g/mol. The SMILES string of the molecule is C1CSC(CCC2SCCS2)S1. The molecule has 0 aromatic rings. The van der Waals surface area contributed by atoms with Gasteiger partial charge < -0.3 is 0 Å². The van der Waals surface area contributed by atoms with Gasteiger partial charge in [0.15, 0.2) is 0 Å². The quantitative estimate of drug-likeness (QED) is 0.739. The normalized spacial score (nSPS) is 27.0. The Morgan fingerprint density at radius 2 is 1.00 bits per heavy atom. The van der Waals surface area contributed by atoms with E-state index in [0.717, 1.165) is 9.16 Å². The molecule has 2 aliphatic heterocycles. The second kappa shape index (κ2) is 5.32. The van der Waals surface area contributed by atoms with E-state index >= 15 is 0 Å². The third-order valence-corrected chi connectivity index (χ3v) is 8.36. The summed E-state index contributed by atoms with van der Waals surface area (Å²) in [5.41, 5.74) is 0. The van der Waals surface area contributed by atoms with Gasteiger partial charge in [-0.25, -0.2) is 0 Å². The van der Waals surface area contributed by atoms with E-state index in [-0.39, 0.29) is 0 Å². The first-order chi connectivity index (χ1) is 5.95. The van der Waals surface area contributed by atoms with E-state index in [2.05, 4.69) is 47.0 Å². The van der Waals surface area contributed by atoms with E-state index in [1.807, 2.05) is 0 Å². The Morgan fingerprint density at radius 3 is 1.33 bits per heavy atom. The fraction of sp³-hybridized carbons (Fsp3) is 1.00. The molecule has 0 bridgehead atoms. The highest BCUT2D eigenvalue weighted by molar-refractivity contribution is 8.20.